The average molecular weight is 243 g/mol. The highest BCUT2D eigenvalue weighted by Gasteiger charge is 2.07. The summed E-state index contributed by atoms with van der Waals surface area (Å²) < 4.78 is 0.994. The van der Waals surface area contributed by atoms with Crippen molar-refractivity contribution in [3.63, 3.8) is 0 Å². The van der Waals surface area contributed by atoms with Gasteiger partial charge in [0.15, 0.2) is 0 Å². The molecule has 70 valence electrons. The van der Waals surface area contributed by atoms with Gasteiger partial charge in [-0.1, -0.05) is 35.0 Å². The molecule has 1 aromatic rings. The van der Waals surface area contributed by atoms with Crippen molar-refractivity contribution in [2.75, 3.05) is 0 Å². The molecular weight excluding hydrogens is 232 g/mol. The van der Waals surface area contributed by atoms with Gasteiger partial charge in [-0.2, -0.15) is 0 Å². The van der Waals surface area contributed by atoms with Crippen LogP contribution >= 0.6 is 15.9 Å². The monoisotopic (exact) mass is 242 g/mol. The van der Waals surface area contributed by atoms with Gasteiger partial charge in [-0.25, -0.2) is 0 Å². The van der Waals surface area contributed by atoms with E-state index in [1.807, 2.05) is 25.1 Å². The van der Waals surface area contributed by atoms with Crippen LogP contribution in [0.2, 0.25) is 0 Å². The van der Waals surface area contributed by atoms with E-state index in [0.29, 0.717) is 0 Å². The Morgan fingerprint density at radius 3 is 2.77 bits per heavy atom. The Labute approximate surface area is 85.7 Å². The first-order chi connectivity index (χ1) is 6.15. The second-order valence-electron chi connectivity index (χ2n) is 2.80. The van der Waals surface area contributed by atoms with Gasteiger partial charge in [-0.3, -0.25) is 4.79 Å². The molecule has 0 amide bonds. The molecule has 0 radical (unpaired) electrons. The van der Waals surface area contributed by atoms with Crippen molar-refractivity contribution >= 4 is 21.9 Å². The summed E-state index contributed by atoms with van der Waals surface area (Å²) in [5.74, 6) is -0.784. The summed E-state index contributed by atoms with van der Waals surface area (Å²) in [5.41, 5.74) is 1.98. The number of hydrogen-bond donors (Lipinski definition) is 1. The first-order valence-electron chi connectivity index (χ1n) is 4.13. The first-order valence-corrected chi connectivity index (χ1v) is 4.92. The fourth-order valence-corrected chi connectivity index (χ4v) is 2.02. The highest BCUT2D eigenvalue weighted by molar-refractivity contribution is 9.10. The van der Waals surface area contributed by atoms with E-state index in [2.05, 4.69) is 15.9 Å². The molecule has 0 fully saturated rings. The van der Waals surface area contributed by atoms with Crippen LogP contribution < -0.4 is 0 Å². The van der Waals surface area contributed by atoms with E-state index in [4.69, 9.17) is 5.11 Å². The minimum atomic E-state index is -0.784. The molecule has 1 rings (SSSR count). The molecular formula is C10H11BrO2. The van der Waals surface area contributed by atoms with Crippen molar-refractivity contribution in [2.45, 2.75) is 19.8 Å². The largest absolute Gasteiger partial charge is 0.481 e. The van der Waals surface area contributed by atoms with E-state index < -0.39 is 5.97 Å². The van der Waals surface area contributed by atoms with Crippen LogP contribution in [0.15, 0.2) is 22.7 Å². The number of carboxylic acid groups (broad SMARTS) is 1. The van der Waals surface area contributed by atoms with E-state index in [-0.39, 0.29) is 6.42 Å². The van der Waals surface area contributed by atoms with Gasteiger partial charge in [0.2, 0.25) is 0 Å². The van der Waals surface area contributed by atoms with Gasteiger partial charge in [0.25, 0.3) is 0 Å². The van der Waals surface area contributed by atoms with Gasteiger partial charge in [0.05, 0.1) is 6.42 Å². The van der Waals surface area contributed by atoms with E-state index >= 15 is 0 Å². The van der Waals surface area contributed by atoms with Crippen molar-refractivity contribution < 1.29 is 9.90 Å². The average Bonchev–Trinajstić information content (AvgIpc) is 2.03. The summed E-state index contributed by atoms with van der Waals surface area (Å²) in [7, 11) is 0. The van der Waals surface area contributed by atoms with E-state index in [1.165, 1.54) is 0 Å². The Morgan fingerprint density at radius 1 is 1.54 bits per heavy atom. The van der Waals surface area contributed by atoms with E-state index in [9.17, 15) is 4.79 Å². The maximum Gasteiger partial charge on any atom is 0.307 e. The zero-order chi connectivity index (χ0) is 9.84. The van der Waals surface area contributed by atoms with Crippen LogP contribution in [0, 0.1) is 0 Å². The summed E-state index contributed by atoms with van der Waals surface area (Å²) >= 11 is 3.40. The Hall–Kier alpha value is -0.830. The predicted molar refractivity (Wildman–Crippen MR) is 54.9 cm³/mol. The fraction of sp³-hybridized carbons (Fsp3) is 0.300. The van der Waals surface area contributed by atoms with E-state index in [1.54, 1.807) is 0 Å². The van der Waals surface area contributed by atoms with Gasteiger partial charge in [0.1, 0.15) is 0 Å². The summed E-state index contributed by atoms with van der Waals surface area (Å²) in [6.45, 7) is 2.02. The molecule has 0 aromatic heterocycles. The third kappa shape index (κ3) is 2.56. The van der Waals surface area contributed by atoms with Crippen LogP contribution in [0.4, 0.5) is 0 Å². The zero-order valence-electron chi connectivity index (χ0n) is 7.38. The van der Waals surface area contributed by atoms with Gasteiger partial charge < -0.3 is 5.11 Å². The first kappa shape index (κ1) is 10.3. The van der Waals surface area contributed by atoms with Crippen LogP contribution in [0.1, 0.15) is 18.1 Å². The molecule has 2 nitrogen and oxygen atoms in total. The standard InChI is InChI=1S/C10H11BrO2/c1-2-8-7(6-10(12)13)4-3-5-9(8)11/h3-5H,2,6H2,1H3,(H,12,13). The summed E-state index contributed by atoms with van der Waals surface area (Å²) in [6.07, 6.45) is 0.951. The molecule has 0 saturated carbocycles. The van der Waals surface area contributed by atoms with Crippen LogP contribution in [0.3, 0.4) is 0 Å². The Morgan fingerprint density at radius 2 is 2.23 bits per heavy atom. The highest BCUT2D eigenvalue weighted by Crippen LogP contribution is 2.21. The maximum absolute atomic E-state index is 10.5. The normalized spacial score (nSPS) is 10.0. The quantitative estimate of drug-likeness (QED) is 0.885. The summed E-state index contributed by atoms with van der Waals surface area (Å²) in [6, 6.07) is 5.66. The van der Waals surface area contributed by atoms with Gasteiger partial charge >= 0.3 is 5.97 Å². The molecule has 0 aliphatic heterocycles. The molecule has 0 heterocycles. The lowest BCUT2D eigenvalue weighted by molar-refractivity contribution is -0.136. The van der Waals surface area contributed by atoms with Gasteiger partial charge in [-0.15, -0.1) is 0 Å². The molecule has 13 heavy (non-hydrogen) atoms. The maximum atomic E-state index is 10.5. The lowest BCUT2D eigenvalue weighted by Crippen LogP contribution is -2.03. The zero-order valence-corrected chi connectivity index (χ0v) is 8.97. The Balaban J connectivity index is 3.05. The molecule has 1 aromatic carbocycles. The van der Waals surface area contributed by atoms with Gasteiger partial charge in [-0.05, 0) is 23.6 Å². The van der Waals surface area contributed by atoms with Crippen molar-refractivity contribution in [2.24, 2.45) is 0 Å². The number of rotatable bonds is 3. The number of carboxylic acids is 1. The van der Waals surface area contributed by atoms with Crippen molar-refractivity contribution in [3.05, 3.63) is 33.8 Å². The molecule has 0 aliphatic rings. The highest BCUT2D eigenvalue weighted by atomic mass is 79.9. The SMILES string of the molecule is CCc1c(Br)cccc1CC(=O)O. The number of hydrogen-bond acceptors (Lipinski definition) is 1. The van der Waals surface area contributed by atoms with Crippen molar-refractivity contribution in [1.82, 2.24) is 0 Å². The smallest absolute Gasteiger partial charge is 0.307 e. The molecule has 0 unspecified atom stereocenters. The number of aliphatic carboxylic acids is 1. The van der Waals surface area contributed by atoms with Crippen molar-refractivity contribution in [3.8, 4) is 0 Å². The Kier molecular flexibility index (Phi) is 3.48. The summed E-state index contributed by atoms with van der Waals surface area (Å²) in [4.78, 5) is 10.5. The third-order valence-corrected chi connectivity index (χ3v) is 2.65. The van der Waals surface area contributed by atoms with Crippen molar-refractivity contribution in [1.29, 1.82) is 0 Å². The lowest BCUT2D eigenvalue weighted by Gasteiger charge is -2.07. The van der Waals surface area contributed by atoms with Crippen LogP contribution in [0.25, 0.3) is 0 Å². The molecule has 0 aliphatic carbocycles. The number of halogens is 1. The fourth-order valence-electron chi connectivity index (χ4n) is 1.33. The molecule has 0 spiro atoms. The minimum absolute atomic E-state index is 0.0998. The third-order valence-electron chi connectivity index (χ3n) is 1.91. The molecule has 0 bridgehead atoms. The second kappa shape index (κ2) is 4.42. The predicted octanol–water partition coefficient (Wildman–Crippen LogP) is 2.64. The minimum Gasteiger partial charge on any atom is -0.481 e. The lowest BCUT2D eigenvalue weighted by atomic mass is 10.0. The van der Waals surface area contributed by atoms with Crippen LogP contribution in [-0.4, -0.2) is 11.1 Å². The Bertz CT molecular complexity index is 321. The molecule has 0 saturated heterocycles. The van der Waals surface area contributed by atoms with Gasteiger partial charge in [0, 0.05) is 4.47 Å². The second-order valence-corrected chi connectivity index (χ2v) is 3.66. The molecule has 1 N–H and O–H groups in total. The number of benzene rings is 1. The topological polar surface area (TPSA) is 37.3 Å². The van der Waals surface area contributed by atoms with Crippen LogP contribution in [-0.2, 0) is 17.6 Å². The molecule has 3 heteroatoms. The summed E-state index contributed by atoms with van der Waals surface area (Å²) in [5, 5.41) is 8.66. The van der Waals surface area contributed by atoms with Crippen LogP contribution in [0.5, 0.6) is 0 Å². The molecule has 0 atom stereocenters. The number of carbonyl (C=O) groups is 1. The van der Waals surface area contributed by atoms with E-state index in [0.717, 1.165) is 22.0 Å².